The zero-order valence-corrected chi connectivity index (χ0v) is 4.10. The minimum atomic E-state index is 0.975. The van der Waals surface area contributed by atoms with Crippen molar-refractivity contribution in [2.75, 3.05) is 0 Å². The number of rotatable bonds is 1. The number of aliphatic imine (C=N–C) groups is 1. The number of hydrogen-bond acceptors (Lipinski definition) is 1. The van der Waals surface area contributed by atoms with E-state index in [1.165, 1.54) is 6.20 Å². The van der Waals surface area contributed by atoms with Crippen LogP contribution in [0.2, 0.25) is 0 Å². The van der Waals surface area contributed by atoms with Crippen LogP contribution in [-0.2, 0) is 0 Å². The molecule has 1 heteroatoms. The van der Waals surface area contributed by atoms with Gasteiger partial charge in [-0.3, -0.25) is 4.99 Å². The molecule has 0 bridgehead atoms. The van der Waals surface area contributed by atoms with Gasteiger partial charge in [0.05, 0.1) is 1.37 Å². The molecule has 0 heterocycles. The monoisotopic (exact) mass is 85.1 g/mol. The van der Waals surface area contributed by atoms with Gasteiger partial charge >= 0.3 is 0 Å². The Morgan fingerprint density at radius 2 is 2.67 bits per heavy atom. The average Bonchev–Trinajstić information content (AvgIpc) is 1.61. The van der Waals surface area contributed by atoms with Gasteiger partial charge < -0.3 is 0 Å². The molecule has 34 valence electrons. The fraction of sp³-hybridized carbons (Fsp3) is 0.400. The van der Waals surface area contributed by atoms with E-state index in [0.29, 0.717) is 0 Å². The van der Waals surface area contributed by atoms with E-state index in [2.05, 4.69) is 4.99 Å². The van der Waals surface area contributed by atoms with Crippen LogP contribution in [0.1, 0.15) is 15.2 Å². The molecule has 0 aliphatic carbocycles. The van der Waals surface area contributed by atoms with Crippen molar-refractivity contribution in [2.24, 2.45) is 4.99 Å². The van der Waals surface area contributed by atoms with Gasteiger partial charge in [0.25, 0.3) is 0 Å². The molecule has 0 atom stereocenters. The third-order valence-electron chi connectivity index (χ3n) is 0.333. The normalized spacial score (nSPS) is 11.3. The summed E-state index contributed by atoms with van der Waals surface area (Å²) in [5.74, 6) is 0. The second kappa shape index (κ2) is 2.64. The summed E-state index contributed by atoms with van der Waals surface area (Å²) >= 11 is 0. The Balaban J connectivity index is 3.46. The molecule has 6 heavy (non-hydrogen) atoms. The average molecular weight is 85.1 g/mol. The fourth-order valence-corrected chi connectivity index (χ4v) is 0.149. The van der Waals surface area contributed by atoms with Crippen LogP contribution in [-0.4, -0.2) is 5.71 Å². The van der Waals surface area contributed by atoms with Gasteiger partial charge in [-0.25, -0.2) is 0 Å². The summed E-state index contributed by atoms with van der Waals surface area (Å²) in [6.45, 7) is 4.94. The van der Waals surface area contributed by atoms with Crippen molar-refractivity contribution < 1.29 is 1.37 Å². The molecule has 0 N–H and O–H groups in total. The summed E-state index contributed by atoms with van der Waals surface area (Å²) in [6.07, 6.45) is 1.45. The standard InChI is InChI=1S/C5H9N/c1-4-6-5(2)3/h4H,1H2,2-3H3/i1T/b4-1-. The molecule has 0 aromatic heterocycles. The van der Waals surface area contributed by atoms with Crippen molar-refractivity contribution in [3.05, 3.63) is 12.8 Å². The molecule has 0 amide bonds. The zero-order valence-electron chi connectivity index (χ0n) is 5.10. The Labute approximate surface area is 39.8 Å². The second-order valence-corrected chi connectivity index (χ2v) is 1.23. The maximum atomic E-state index is 6.51. The SMILES string of the molecule is [3H]/C=C\N=C(C)C. The summed E-state index contributed by atoms with van der Waals surface area (Å²) in [4.78, 5) is 3.79. The molecule has 0 rings (SSSR count). The molecule has 0 spiro atoms. The van der Waals surface area contributed by atoms with Crippen LogP contribution in [0, 0.1) is 0 Å². The molecule has 1 nitrogen and oxygen atoms in total. The summed E-state index contributed by atoms with van der Waals surface area (Å²) in [5.41, 5.74) is 0.975. The van der Waals surface area contributed by atoms with E-state index in [1.54, 1.807) is 0 Å². The molecule has 0 aliphatic rings. The van der Waals surface area contributed by atoms with Gasteiger partial charge in [-0.1, -0.05) is 6.55 Å². The highest BCUT2D eigenvalue weighted by molar-refractivity contribution is 5.79. The Morgan fingerprint density at radius 3 is 2.83 bits per heavy atom. The van der Waals surface area contributed by atoms with Crippen LogP contribution in [0.25, 0.3) is 0 Å². The molecule has 0 saturated heterocycles. The van der Waals surface area contributed by atoms with E-state index in [0.717, 1.165) is 12.3 Å². The summed E-state index contributed by atoms with van der Waals surface area (Å²) in [6, 6.07) is 0. The highest BCUT2D eigenvalue weighted by Crippen LogP contribution is 1.71. The first-order valence-corrected chi connectivity index (χ1v) is 1.82. The Morgan fingerprint density at radius 1 is 2.00 bits per heavy atom. The highest BCUT2D eigenvalue weighted by atomic mass is 14.7. The van der Waals surface area contributed by atoms with E-state index in [-0.39, 0.29) is 0 Å². The second-order valence-electron chi connectivity index (χ2n) is 1.23. The first-order valence-electron chi connectivity index (χ1n) is 2.39. The Bertz CT molecular complexity index is 90.3. The molecule has 0 fully saturated rings. The van der Waals surface area contributed by atoms with Crippen LogP contribution in [0.15, 0.2) is 17.7 Å². The van der Waals surface area contributed by atoms with Crippen molar-refractivity contribution in [3.8, 4) is 0 Å². The van der Waals surface area contributed by atoms with Crippen molar-refractivity contribution in [3.63, 3.8) is 0 Å². The molecular weight excluding hydrogens is 74.1 g/mol. The van der Waals surface area contributed by atoms with Gasteiger partial charge in [0.15, 0.2) is 0 Å². The fourth-order valence-electron chi connectivity index (χ4n) is 0.149. The van der Waals surface area contributed by atoms with Crippen molar-refractivity contribution in [2.45, 2.75) is 13.8 Å². The summed E-state index contributed by atoms with van der Waals surface area (Å²) in [7, 11) is 0. The lowest BCUT2D eigenvalue weighted by Crippen LogP contribution is -1.73. The lowest BCUT2D eigenvalue weighted by Gasteiger charge is -1.76. The van der Waals surface area contributed by atoms with Crippen LogP contribution in [0.4, 0.5) is 0 Å². The van der Waals surface area contributed by atoms with Crippen LogP contribution in [0.3, 0.4) is 0 Å². The Hall–Kier alpha value is -0.590. The third kappa shape index (κ3) is 3.41. The first-order chi connectivity index (χ1) is 3.27. The lowest BCUT2D eigenvalue weighted by atomic mass is 10.5. The molecular formula is C5H9N. The van der Waals surface area contributed by atoms with Gasteiger partial charge in [-0.2, -0.15) is 0 Å². The first kappa shape index (κ1) is 3.59. The summed E-state index contributed by atoms with van der Waals surface area (Å²) in [5, 5.41) is 0. The molecule has 0 saturated carbocycles. The van der Waals surface area contributed by atoms with Crippen molar-refractivity contribution in [1.82, 2.24) is 0 Å². The van der Waals surface area contributed by atoms with E-state index >= 15 is 0 Å². The minimum Gasteiger partial charge on any atom is -0.267 e. The highest BCUT2D eigenvalue weighted by Gasteiger charge is 1.64. The topological polar surface area (TPSA) is 12.4 Å². The van der Waals surface area contributed by atoms with E-state index in [1.807, 2.05) is 13.8 Å². The number of nitrogens with zero attached hydrogens (tertiary/aromatic N) is 1. The van der Waals surface area contributed by atoms with Gasteiger partial charge in [0, 0.05) is 11.9 Å². The van der Waals surface area contributed by atoms with Crippen LogP contribution >= 0.6 is 0 Å². The quantitative estimate of drug-likeness (QED) is 0.429. The minimum absolute atomic E-state index is 0.975. The smallest absolute Gasteiger partial charge is 0.0554 e. The van der Waals surface area contributed by atoms with Gasteiger partial charge in [0.1, 0.15) is 0 Å². The predicted molar refractivity (Wildman–Crippen MR) is 29.0 cm³/mol. The summed E-state index contributed by atoms with van der Waals surface area (Å²) < 4.78 is 6.51. The van der Waals surface area contributed by atoms with Crippen molar-refractivity contribution in [1.29, 1.82) is 0 Å². The van der Waals surface area contributed by atoms with E-state index in [4.69, 9.17) is 1.37 Å². The maximum Gasteiger partial charge on any atom is 0.0554 e. The molecule has 0 radical (unpaired) electrons. The predicted octanol–water partition coefficient (Wildman–Crippen LogP) is 1.61. The molecule has 0 aromatic carbocycles. The van der Waals surface area contributed by atoms with Gasteiger partial charge in [-0.15, -0.1) is 0 Å². The zero-order chi connectivity index (χ0) is 5.70. The molecule has 0 aromatic rings. The molecule has 0 aliphatic heterocycles. The van der Waals surface area contributed by atoms with Crippen molar-refractivity contribution >= 4 is 5.71 Å². The van der Waals surface area contributed by atoms with Gasteiger partial charge in [0.2, 0.25) is 0 Å². The van der Waals surface area contributed by atoms with E-state index in [9.17, 15) is 0 Å². The Kier molecular flexibility index (Phi) is 1.58. The molecule has 0 unspecified atom stereocenters. The van der Waals surface area contributed by atoms with Crippen LogP contribution in [0.5, 0.6) is 0 Å². The van der Waals surface area contributed by atoms with E-state index < -0.39 is 0 Å². The maximum absolute atomic E-state index is 6.51. The largest absolute Gasteiger partial charge is 0.267 e. The van der Waals surface area contributed by atoms with Crippen LogP contribution < -0.4 is 0 Å². The van der Waals surface area contributed by atoms with Gasteiger partial charge in [-0.05, 0) is 13.8 Å². The third-order valence-corrected chi connectivity index (χ3v) is 0.333. The lowest BCUT2D eigenvalue weighted by molar-refractivity contribution is 1.52. The number of hydrogen-bond donors (Lipinski definition) is 0.